The molecule has 12 rings (SSSR count). The summed E-state index contributed by atoms with van der Waals surface area (Å²) in [5.41, 5.74) is 17.3. The largest absolute Gasteiger partial charge is 0.457 e. The molecular formula is C60H46N4O. The Labute approximate surface area is 381 Å². The summed E-state index contributed by atoms with van der Waals surface area (Å²) in [6, 6.07) is 81.6. The van der Waals surface area contributed by atoms with Gasteiger partial charge in [0, 0.05) is 54.1 Å². The van der Waals surface area contributed by atoms with Gasteiger partial charge >= 0.3 is 0 Å². The second-order valence-electron chi connectivity index (χ2n) is 17.1. The molecule has 1 aliphatic carbocycles. The van der Waals surface area contributed by atoms with Crippen molar-refractivity contribution in [1.29, 1.82) is 0 Å². The highest BCUT2D eigenvalue weighted by Crippen LogP contribution is 2.59. The average Bonchev–Trinajstić information content (AvgIpc) is 4.07. The van der Waals surface area contributed by atoms with E-state index in [4.69, 9.17) is 4.74 Å². The molecule has 0 radical (unpaired) electrons. The third kappa shape index (κ3) is 6.46. The first-order chi connectivity index (χ1) is 32.1. The van der Waals surface area contributed by atoms with E-state index in [-0.39, 0.29) is 0 Å². The SMILES string of the molecule is CN1C=CN(c2cccc(Oc3cccc(N4CN(c5c(-c6ccccc6)cc(C6(c7ccccc7)c7ccccc7-c7ccccc76)cc5-c5ccccc5)c5ccccc54)c3)c2)C1. The van der Waals surface area contributed by atoms with Gasteiger partial charge in [0.15, 0.2) is 0 Å². The Kier molecular flexibility index (Phi) is 9.34. The maximum absolute atomic E-state index is 6.61. The first-order valence-electron chi connectivity index (χ1n) is 22.3. The number of fused-ring (bicyclic) bond motifs is 4. The second-order valence-corrected chi connectivity index (χ2v) is 17.1. The zero-order chi connectivity index (χ0) is 43.3. The van der Waals surface area contributed by atoms with E-state index in [0.717, 1.165) is 57.7 Å². The lowest BCUT2D eigenvalue weighted by Gasteiger charge is -2.36. The van der Waals surface area contributed by atoms with Crippen LogP contribution in [-0.4, -0.2) is 25.3 Å². The third-order valence-electron chi connectivity index (χ3n) is 13.3. The van der Waals surface area contributed by atoms with Crippen molar-refractivity contribution in [1.82, 2.24) is 4.90 Å². The van der Waals surface area contributed by atoms with Gasteiger partial charge in [0.2, 0.25) is 0 Å². The summed E-state index contributed by atoms with van der Waals surface area (Å²) in [5.74, 6) is 1.58. The Bertz CT molecular complexity index is 3130. The minimum Gasteiger partial charge on any atom is -0.457 e. The van der Waals surface area contributed by atoms with Crippen molar-refractivity contribution in [3.05, 3.63) is 259 Å². The number of rotatable bonds is 9. The number of nitrogens with zero attached hydrogens (tertiary/aromatic N) is 4. The number of benzene rings is 9. The van der Waals surface area contributed by atoms with Crippen LogP contribution in [0.4, 0.5) is 28.4 Å². The molecule has 0 bridgehead atoms. The Hall–Kier alpha value is -8.28. The predicted molar refractivity (Wildman–Crippen MR) is 267 cm³/mol. The van der Waals surface area contributed by atoms with Crippen LogP contribution in [0, 0.1) is 0 Å². The molecule has 0 N–H and O–H groups in total. The van der Waals surface area contributed by atoms with Crippen LogP contribution in [0.2, 0.25) is 0 Å². The van der Waals surface area contributed by atoms with Crippen LogP contribution >= 0.6 is 0 Å². The average molecular weight is 839 g/mol. The highest BCUT2D eigenvalue weighted by molar-refractivity contribution is 6.00. The molecule has 0 spiro atoms. The Balaban J connectivity index is 1.04. The van der Waals surface area contributed by atoms with Crippen molar-refractivity contribution in [3.8, 4) is 44.9 Å². The second kappa shape index (κ2) is 15.8. The molecule has 5 heteroatoms. The Morgan fingerprint density at radius 3 is 1.49 bits per heavy atom. The molecule has 0 atom stereocenters. The molecule has 2 heterocycles. The molecule has 3 aliphatic rings. The van der Waals surface area contributed by atoms with E-state index in [1.165, 1.54) is 44.5 Å². The number of ether oxygens (including phenoxy) is 1. The van der Waals surface area contributed by atoms with Crippen molar-refractivity contribution in [2.45, 2.75) is 5.41 Å². The minimum absolute atomic E-state index is 0.573. The van der Waals surface area contributed by atoms with Gasteiger partial charge in [-0.15, -0.1) is 0 Å². The van der Waals surface area contributed by atoms with Gasteiger partial charge < -0.3 is 24.3 Å². The van der Waals surface area contributed by atoms with Crippen LogP contribution in [0.5, 0.6) is 11.5 Å². The first kappa shape index (κ1) is 38.4. The van der Waals surface area contributed by atoms with Gasteiger partial charge in [0.25, 0.3) is 0 Å². The lowest BCUT2D eigenvalue weighted by atomic mass is 9.66. The van der Waals surface area contributed by atoms with Crippen molar-refractivity contribution >= 4 is 28.4 Å². The third-order valence-corrected chi connectivity index (χ3v) is 13.3. The molecule has 0 fully saturated rings. The summed E-state index contributed by atoms with van der Waals surface area (Å²) in [5, 5.41) is 0. The number of hydrogen-bond donors (Lipinski definition) is 0. The highest BCUT2D eigenvalue weighted by Gasteiger charge is 2.47. The molecule has 0 aromatic heterocycles. The smallest absolute Gasteiger partial charge is 0.129 e. The number of hydrogen-bond acceptors (Lipinski definition) is 5. The van der Waals surface area contributed by atoms with Crippen molar-refractivity contribution in [3.63, 3.8) is 0 Å². The zero-order valence-electron chi connectivity index (χ0n) is 36.1. The van der Waals surface area contributed by atoms with Gasteiger partial charge in [-0.1, -0.05) is 164 Å². The Morgan fingerprint density at radius 2 is 0.908 bits per heavy atom. The monoisotopic (exact) mass is 838 g/mol. The molecule has 9 aromatic carbocycles. The highest BCUT2D eigenvalue weighted by atomic mass is 16.5. The molecule has 65 heavy (non-hydrogen) atoms. The van der Waals surface area contributed by atoms with Crippen LogP contribution in [0.25, 0.3) is 33.4 Å². The van der Waals surface area contributed by atoms with E-state index in [9.17, 15) is 0 Å². The summed E-state index contributed by atoms with van der Waals surface area (Å²) in [6.07, 6.45) is 4.19. The van der Waals surface area contributed by atoms with Gasteiger partial charge in [-0.2, -0.15) is 0 Å². The number of para-hydroxylation sites is 2. The normalized spacial score (nSPS) is 14.4. The lowest BCUT2D eigenvalue weighted by molar-refractivity contribution is 0.481. The molecule has 0 unspecified atom stereocenters. The molecule has 5 nitrogen and oxygen atoms in total. The van der Waals surface area contributed by atoms with Gasteiger partial charge in [0.05, 0.1) is 29.1 Å². The van der Waals surface area contributed by atoms with E-state index in [1.807, 2.05) is 12.1 Å². The molecular weight excluding hydrogens is 793 g/mol. The maximum atomic E-state index is 6.61. The van der Waals surface area contributed by atoms with Gasteiger partial charge in [-0.05, 0) is 93.0 Å². The zero-order valence-corrected chi connectivity index (χ0v) is 36.1. The fourth-order valence-corrected chi connectivity index (χ4v) is 10.4. The number of anilines is 5. The van der Waals surface area contributed by atoms with Crippen LogP contribution in [0.15, 0.2) is 237 Å². The molecule has 2 aliphatic heterocycles. The first-order valence-corrected chi connectivity index (χ1v) is 22.3. The van der Waals surface area contributed by atoms with E-state index >= 15 is 0 Å². The van der Waals surface area contributed by atoms with E-state index < -0.39 is 5.41 Å². The minimum atomic E-state index is -0.573. The Morgan fingerprint density at radius 1 is 0.400 bits per heavy atom. The summed E-state index contributed by atoms with van der Waals surface area (Å²) >= 11 is 0. The van der Waals surface area contributed by atoms with Crippen LogP contribution in [-0.2, 0) is 5.41 Å². The van der Waals surface area contributed by atoms with E-state index in [1.54, 1.807) is 0 Å². The van der Waals surface area contributed by atoms with Crippen LogP contribution < -0.4 is 19.4 Å². The molecule has 9 aromatic rings. The molecule has 0 saturated heterocycles. The summed E-state index contributed by atoms with van der Waals surface area (Å²) in [4.78, 5) is 9.30. The molecule has 0 saturated carbocycles. The lowest BCUT2D eigenvalue weighted by Crippen LogP contribution is -2.29. The predicted octanol–water partition coefficient (Wildman–Crippen LogP) is 14.6. The van der Waals surface area contributed by atoms with Crippen molar-refractivity contribution < 1.29 is 4.74 Å². The van der Waals surface area contributed by atoms with Gasteiger partial charge in [-0.25, -0.2) is 0 Å². The van der Waals surface area contributed by atoms with Gasteiger partial charge in [-0.3, -0.25) is 0 Å². The summed E-state index contributed by atoms with van der Waals surface area (Å²) in [6.45, 7) is 1.40. The van der Waals surface area contributed by atoms with Gasteiger partial charge in [0.1, 0.15) is 18.2 Å². The van der Waals surface area contributed by atoms with Crippen LogP contribution in [0.1, 0.15) is 22.3 Å². The fourth-order valence-electron chi connectivity index (χ4n) is 10.4. The van der Waals surface area contributed by atoms with E-state index in [0.29, 0.717) is 6.67 Å². The van der Waals surface area contributed by atoms with E-state index in [2.05, 4.69) is 251 Å². The molecule has 0 amide bonds. The fraction of sp³-hybridized carbons (Fsp3) is 0.0667. The topological polar surface area (TPSA) is 22.2 Å². The van der Waals surface area contributed by atoms with Crippen LogP contribution in [0.3, 0.4) is 0 Å². The summed E-state index contributed by atoms with van der Waals surface area (Å²) in [7, 11) is 2.08. The maximum Gasteiger partial charge on any atom is 0.129 e. The quantitative estimate of drug-likeness (QED) is 0.144. The van der Waals surface area contributed by atoms with Crippen molar-refractivity contribution in [2.75, 3.05) is 35.1 Å². The standard InChI is InChI=1S/C60H46N4O/c1-61-35-36-62(41-61)47-25-17-27-49(39-47)65-50-28-18-26-48(40-50)63-42-64(58-34-16-15-33-57(58)63)59-53(43-19-5-2-6-20-43)37-46(38-54(59)44-21-7-3-8-22-44)60(45-23-9-4-10-24-45)55-31-13-11-29-51(55)52-30-12-14-32-56(52)60/h2-40H,41-42H2,1H3. The molecule has 312 valence electrons. The summed E-state index contributed by atoms with van der Waals surface area (Å²) < 4.78 is 6.61. The van der Waals surface area contributed by atoms with Crippen molar-refractivity contribution in [2.24, 2.45) is 0 Å².